The van der Waals surface area contributed by atoms with Gasteiger partial charge < -0.3 is 24.8 Å². The summed E-state index contributed by atoms with van der Waals surface area (Å²) in [7, 11) is 3.22. The first kappa shape index (κ1) is 19.5. The number of nitrogens with zero attached hydrogens (tertiary/aromatic N) is 1. The van der Waals surface area contributed by atoms with E-state index in [0.717, 1.165) is 24.2 Å². The van der Waals surface area contributed by atoms with Gasteiger partial charge in [0.05, 0.1) is 18.6 Å². The maximum absolute atomic E-state index is 12.8. The van der Waals surface area contributed by atoms with Crippen molar-refractivity contribution in [3.63, 3.8) is 0 Å². The fraction of sp³-hybridized carbons (Fsp3) is 0.600. The van der Waals surface area contributed by atoms with Crippen molar-refractivity contribution in [2.45, 2.75) is 38.3 Å². The Hall–Kier alpha value is -2.28. The van der Waals surface area contributed by atoms with Gasteiger partial charge in [0.15, 0.2) is 0 Å². The summed E-state index contributed by atoms with van der Waals surface area (Å²) >= 11 is 0. The van der Waals surface area contributed by atoms with Crippen LogP contribution in [-0.2, 0) is 9.53 Å². The third-order valence-corrected chi connectivity index (χ3v) is 6.09. The molecule has 3 rings (SSSR count). The van der Waals surface area contributed by atoms with Crippen LogP contribution in [0, 0.1) is 11.3 Å². The van der Waals surface area contributed by atoms with Crippen LogP contribution in [0.4, 0.5) is 4.79 Å². The molecule has 0 radical (unpaired) electrons. The number of ether oxygens (including phenoxy) is 2. The van der Waals surface area contributed by atoms with Crippen LogP contribution in [0.25, 0.3) is 0 Å². The summed E-state index contributed by atoms with van der Waals surface area (Å²) in [5, 5.41) is 12.7. The summed E-state index contributed by atoms with van der Waals surface area (Å²) in [6.45, 7) is 2.68. The topological polar surface area (TPSA) is 88.1 Å². The number of likely N-dealkylation sites (tertiary alicyclic amines) is 1. The molecule has 4 atom stereocenters. The van der Waals surface area contributed by atoms with Crippen molar-refractivity contribution in [3.8, 4) is 5.75 Å². The molecule has 0 aromatic heterocycles. The lowest BCUT2D eigenvalue weighted by molar-refractivity contribution is -0.149. The van der Waals surface area contributed by atoms with Crippen molar-refractivity contribution in [1.29, 1.82) is 0 Å². The number of amides is 2. The first-order chi connectivity index (χ1) is 12.9. The Morgan fingerprint density at radius 1 is 1.30 bits per heavy atom. The number of benzene rings is 1. The van der Waals surface area contributed by atoms with Crippen LogP contribution in [0.15, 0.2) is 24.3 Å². The minimum absolute atomic E-state index is 0.0517. The maximum atomic E-state index is 12.8. The lowest BCUT2D eigenvalue weighted by Crippen LogP contribution is -2.46. The molecule has 1 aromatic carbocycles. The molecule has 0 bridgehead atoms. The van der Waals surface area contributed by atoms with Gasteiger partial charge in [-0.2, -0.15) is 0 Å². The molecule has 7 heteroatoms. The number of carboxylic acids is 1. The monoisotopic (exact) mass is 376 g/mol. The number of hydrogen-bond acceptors (Lipinski definition) is 4. The van der Waals surface area contributed by atoms with E-state index in [2.05, 4.69) is 5.32 Å². The third-order valence-electron chi connectivity index (χ3n) is 6.09. The lowest BCUT2D eigenvalue weighted by Gasteiger charge is -2.28. The van der Waals surface area contributed by atoms with Crippen molar-refractivity contribution in [1.82, 2.24) is 10.2 Å². The number of methoxy groups -OCH3 is 2. The minimum atomic E-state index is -0.777. The number of nitrogens with one attached hydrogen (secondary N) is 1. The number of hydrogen-bond donors (Lipinski definition) is 2. The van der Waals surface area contributed by atoms with Gasteiger partial charge in [-0.25, -0.2) is 4.79 Å². The van der Waals surface area contributed by atoms with Crippen LogP contribution in [0.3, 0.4) is 0 Å². The van der Waals surface area contributed by atoms with Crippen molar-refractivity contribution in [2.24, 2.45) is 11.3 Å². The molecule has 1 aliphatic heterocycles. The molecular weight excluding hydrogens is 348 g/mol. The molecule has 2 amide bonds. The van der Waals surface area contributed by atoms with E-state index >= 15 is 0 Å². The molecule has 27 heavy (non-hydrogen) atoms. The number of urea groups is 1. The molecule has 1 heterocycles. The first-order valence-electron chi connectivity index (χ1n) is 9.37. The molecule has 7 nitrogen and oxygen atoms in total. The predicted octanol–water partition coefficient (Wildman–Crippen LogP) is 2.67. The Balaban J connectivity index is 1.65. The summed E-state index contributed by atoms with van der Waals surface area (Å²) in [6.07, 6.45) is 2.14. The number of rotatable bonds is 6. The van der Waals surface area contributed by atoms with Crippen LogP contribution in [0.5, 0.6) is 5.75 Å². The summed E-state index contributed by atoms with van der Waals surface area (Å²) in [5.41, 5.74) is 0.170. The SMILES string of the molecule is COc1ccc(C(OC)C(C)NC(=O)N2C[C@@H]3CCC[C@@]3(C(=O)O)C2)cc1. The fourth-order valence-electron chi connectivity index (χ4n) is 4.58. The summed E-state index contributed by atoms with van der Waals surface area (Å²) < 4.78 is 10.8. The molecule has 1 saturated carbocycles. The van der Waals surface area contributed by atoms with E-state index in [1.54, 1.807) is 19.1 Å². The number of aliphatic carboxylic acids is 1. The van der Waals surface area contributed by atoms with Gasteiger partial charge in [0, 0.05) is 20.2 Å². The van der Waals surface area contributed by atoms with Gasteiger partial charge in [0.1, 0.15) is 11.9 Å². The fourth-order valence-corrected chi connectivity index (χ4v) is 4.58. The van der Waals surface area contributed by atoms with Gasteiger partial charge in [-0.1, -0.05) is 18.6 Å². The van der Waals surface area contributed by atoms with Crippen molar-refractivity contribution >= 4 is 12.0 Å². The normalized spacial score (nSPS) is 26.3. The largest absolute Gasteiger partial charge is 0.497 e. The van der Waals surface area contributed by atoms with Crippen LogP contribution in [-0.4, -0.2) is 55.4 Å². The zero-order valence-corrected chi connectivity index (χ0v) is 16.1. The molecule has 2 N–H and O–H groups in total. The second-order valence-corrected chi connectivity index (χ2v) is 7.60. The van der Waals surface area contributed by atoms with Crippen molar-refractivity contribution < 1.29 is 24.2 Å². The Morgan fingerprint density at radius 3 is 2.56 bits per heavy atom. The molecular formula is C20H28N2O5. The van der Waals surface area contributed by atoms with Gasteiger partial charge >= 0.3 is 12.0 Å². The molecule has 2 aliphatic rings. The highest BCUT2D eigenvalue weighted by atomic mass is 16.5. The zero-order chi connectivity index (χ0) is 19.6. The minimum Gasteiger partial charge on any atom is -0.497 e. The molecule has 1 aliphatic carbocycles. The summed E-state index contributed by atoms with van der Waals surface area (Å²) in [5.74, 6) is 0.0325. The van der Waals surface area contributed by atoms with Crippen LogP contribution < -0.4 is 10.1 Å². The first-order valence-corrected chi connectivity index (χ1v) is 9.37. The van der Waals surface area contributed by atoms with E-state index in [0.29, 0.717) is 13.0 Å². The summed E-state index contributed by atoms with van der Waals surface area (Å²) in [4.78, 5) is 26.2. The van der Waals surface area contributed by atoms with Crippen LogP contribution >= 0.6 is 0 Å². The molecule has 2 unspecified atom stereocenters. The quantitative estimate of drug-likeness (QED) is 0.797. The van der Waals surface area contributed by atoms with Gasteiger partial charge in [-0.3, -0.25) is 4.79 Å². The lowest BCUT2D eigenvalue weighted by atomic mass is 9.81. The predicted molar refractivity (Wildman–Crippen MR) is 99.7 cm³/mol. The van der Waals surface area contributed by atoms with E-state index in [1.165, 1.54) is 0 Å². The van der Waals surface area contributed by atoms with Gasteiger partial charge in [0.2, 0.25) is 0 Å². The van der Waals surface area contributed by atoms with Gasteiger partial charge in [0.25, 0.3) is 0 Å². The van der Waals surface area contributed by atoms with Crippen LogP contribution in [0.1, 0.15) is 37.9 Å². The second kappa shape index (κ2) is 7.76. The highest BCUT2D eigenvalue weighted by Gasteiger charge is 2.55. The van der Waals surface area contributed by atoms with Crippen molar-refractivity contribution in [3.05, 3.63) is 29.8 Å². The highest BCUT2D eigenvalue weighted by molar-refractivity contribution is 5.80. The van der Waals surface area contributed by atoms with Gasteiger partial charge in [-0.15, -0.1) is 0 Å². The standard InChI is InChI=1S/C20H28N2O5/c1-13(17(27-3)14-6-8-16(26-2)9-7-14)21-19(25)22-11-15-5-4-10-20(15,12-22)18(23)24/h6-9,13,15,17H,4-5,10-12H2,1-3H3,(H,21,25)(H,23,24)/t13?,15-,17?,20+/m0/s1. The van der Waals surface area contributed by atoms with Crippen molar-refractivity contribution in [2.75, 3.05) is 27.3 Å². The molecule has 0 spiro atoms. The second-order valence-electron chi connectivity index (χ2n) is 7.60. The Bertz CT molecular complexity index is 692. The number of carbonyl (C=O) groups is 2. The molecule has 1 saturated heterocycles. The number of fused-ring (bicyclic) bond motifs is 1. The zero-order valence-electron chi connectivity index (χ0n) is 16.1. The molecule has 148 valence electrons. The highest BCUT2D eigenvalue weighted by Crippen LogP contribution is 2.48. The van der Waals surface area contributed by atoms with E-state index in [1.807, 2.05) is 31.2 Å². The van der Waals surface area contributed by atoms with E-state index in [-0.39, 0.29) is 30.6 Å². The summed E-state index contributed by atoms with van der Waals surface area (Å²) in [6, 6.07) is 7.04. The van der Waals surface area contributed by atoms with Gasteiger partial charge in [-0.05, 0) is 43.4 Å². The average molecular weight is 376 g/mol. The van der Waals surface area contributed by atoms with E-state index < -0.39 is 11.4 Å². The average Bonchev–Trinajstić information content (AvgIpc) is 3.21. The maximum Gasteiger partial charge on any atom is 0.317 e. The Morgan fingerprint density at radius 2 is 2.00 bits per heavy atom. The molecule has 2 fully saturated rings. The smallest absolute Gasteiger partial charge is 0.317 e. The number of carbonyl (C=O) groups excluding carboxylic acids is 1. The van der Waals surface area contributed by atoms with Crippen LogP contribution in [0.2, 0.25) is 0 Å². The Labute approximate surface area is 159 Å². The van der Waals surface area contributed by atoms with E-state index in [9.17, 15) is 14.7 Å². The molecule has 1 aromatic rings. The number of carboxylic acid groups (broad SMARTS) is 1. The van der Waals surface area contributed by atoms with E-state index in [4.69, 9.17) is 9.47 Å². The Kier molecular flexibility index (Phi) is 5.60. The third kappa shape index (κ3) is 3.60.